The van der Waals surface area contributed by atoms with E-state index in [9.17, 15) is 0 Å². The van der Waals surface area contributed by atoms with Crippen molar-refractivity contribution in [3.63, 3.8) is 0 Å². The molecule has 6 nitrogen and oxygen atoms in total. The van der Waals surface area contributed by atoms with E-state index in [0.29, 0.717) is 18.0 Å². The largest absolute Gasteiger partial charge is 0.363 e. The lowest BCUT2D eigenvalue weighted by atomic mass is 10.2. The molecule has 0 saturated carbocycles. The Kier molecular flexibility index (Phi) is 3.40. The van der Waals surface area contributed by atoms with Crippen molar-refractivity contribution in [1.82, 2.24) is 24.6 Å². The molecule has 0 bridgehead atoms. The van der Waals surface area contributed by atoms with Crippen LogP contribution in [0, 0.1) is 0 Å². The molecule has 3 heterocycles. The Morgan fingerprint density at radius 3 is 2.57 bits per heavy atom. The molecule has 0 spiro atoms. The molecule has 0 atom stereocenters. The van der Waals surface area contributed by atoms with Gasteiger partial charge < -0.3 is 5.32 Å². The summed E-state index contributed by atoms with van der Waals surface area (Å²) in [7, 11) is 0. The van der Waals surface area contributed by atoms with Crippen molar-refractivity contribution in [1.29, 1.82) is 0 Å². The number of benzene rings is 1. The molecule has 3 aromatic heterocycles. The highest BCUT2D eigenvalue weighted by Gasteiger charge is 2.11. The average Bonchev–Trinajstić information content (AvgIpc) is 3.06. The molecule has 23 heavy (non-hydrogen) atoms. The van der Waals surface area contributed by atoms with Crippen molar-refractivity contribution in [2.45, 2.75) is 6.54 Å². The van der Waals surface area contributed by atoms with Gasteiger partial charge in [-0.25, -0.2) is 4.98 Å². The summed E-state index contributed by atoms with van der Waals surface area (Å²) in [5, 5.41) is 11.9. The molecule has 0 aliphatic carbocycles. The number of hydrogen-bond donors (Lipinski definition) is 1. The number of aromatic nitrogens is 5. The van der Waals surface area contributed by atoms with Crippen LogP contribution >= 0.6 is 0 Å². The molecular weight excluding hydrogens is 288 g/mol. The third-order valence-corrected chi connectivity index (χ3v) is 3.57. The topological polar surface area (TPSA) is 68.0 Å². The highest BCUT2D eigenvalue weighted by Crippen LogP contribution is 2.20. The SMILES string of the molecule is c1ccc(-c2nnc3c(NCc4ccncc4)nccn23)cc1. The number of hydrogen-bond acceptors (Lipinski definition) is 5. The summed E-state index contributed by atoms with van der Waals surface area (Å²) in [6, 6.07) is 13.9. The number of anilines is 1. The van der Waals surface area contributed by atoms with Crippen LogP contribution in [-0.4, -0.2) is 24.6 Å². The fourth-order valence-corrected chi connectivity index (χ4v) is 2.42. The summed E-state index contributed by atoms with van der Waals surface area (Å²) >= 11 is 0. The van der Waals surface area contributed by atoms with Crippen LogP contribution in [0.1, 0.15) is 5.56 Å². The van der Waals surface area contributed by atoms with Crippen LogP contribution in [0.3, 0.4) is 0 Å². The van der Waals surface area contributed by atoms with Crippen LogP contribution in [0.25, 0.3) is 17.0 Å². The maximum absolute atomic E-state index is 4.38. The Labute approximate surface area is 132 Å². The van der Waals surface area contributed by atoms with Gasteiger partial charge in [-0.1, -0.05) is 30.3 Å². The van der Waals surface area contributed by atoms with E-state index in [1.165, 1.54) is 0 Å². The predicted octanol–water partition coefficient (Wildman–Crippen LogP) is 2.80. The quantitative estimate of drug-likeness (QED) is 0.628. The first-order valence-electron chi connectivity index (χ1n) is 7.30. The van der Waals surface area contributed by atoms with E-state index in [0.717, 1.165) is 17.0 Å². The number of rotatable bonds is 4. The molecular formula is C17H14N6. The summed E-state index contributed by atoms with van der Waals surface area (Å²) in [4.78, 5) is 8.40. The molecule has 4 aromatic rings. The standard InChI is InChI=1S/C17H14N6/c1-2-4-14(5-3-1)16-21-22-17-15(19-10-11-23(16)17)20-12-13-6-8-18-9-7-13/h1-11H,12H2,(H,19,20). The molecule has 1 aromatic carbocycles. The first-order chi connectivity index (χ1) is 11.4. The lowest BCUT2D eigenvalue weighted by molar-refractivity contribution is 1.06. The third kappa shape index (κ3) is 2.62. The maximum atomic E-state index is 4.38. The lowest BCUT2D eigenvalue weighted by Crippen LogP contribution is -2.04. The van der Waals surface area contributed by atoms with E-state index in [2.05, 4.69) is 25.5 Å². The van der Waals surface area contributed by atoms with Crippen LogP contribution in [0.5, 0.6) is 0 Å². The average molecular weight is 302 g/mol. The number of fused-ring (bicyclic) bond motifs is 1. The minimum Gasteiger partial charge on any atom is -0.363 e. The summed E-state index contributed by atoms with van der Waals surface area (Å²) < 4.78 is 1.94. The van der Waals surface area contributed by atoms with Crippen molar-refractivity contribution >= 4 is 11.5 Å². The summed E-state index contributed by atoms with van der Waals surface area (Å²) in [6.07, 6.45) is 7.16. The summed E-state index contributed by atoms with van der Waals surface area (Å²) in [5.41, 5.74) is 2.86. The summed E-state index contributed by atoms with van der Waals surface area (Å²) in [6.45, 7) is 0.655. The van der Waals surface area contributed by atoms with E-state index in [1.807, 2.05) is 53.1 Å². The van der Waals surface area contributed by atoms with Crippen LogP contribution in [-0.2, 0) is 6.54 Å². The van der Waals surface area contributed by atoms with Gasteiger partial charge in [0.2, 0.25) is 5.65 Å². The number of nitrogens with zero attached hydrogens (tertiary/aromatic N) is 5. The van der Waals surface area contributed by atoms with Gasteiger partial charge in [-0.15, -0.1) is 10.2 Å². The minimum atomic E-state index is 0.655. The Morgan fingerprint density at radius 1 is 0.913 bits per heavy atom. The molecule has 4 rings (SSSR count). The van der Waals surface area contributed by atoms with Crippen LogP contribution < -0.4 is 5.32 Å². The normalized spacial score (nSPS) is 10.8. The molecule has 0 fully saturated rings. The predicted molar refractivity (Wildman–Crippen MR) is 87.8 cm³/mol. The Hall–Kier alpha value is -3.28. The molecule has 0 saturated heterocycles. The van der Waals surface area contributed by atoms with Gasteiger partial charge in [-0.05, 0) is 17.7 Å². The molecule has 0 unspecified atom stereocenters. The third-order valence-electron chi connectivity index (χ3n) is 3.57. The van der Waals surface area contributed by atoms with E-state index in [4.69, 9.17) is 0 Å². The number of nitrogens with one attached hydrogen (secondary N) is 1. The van der Waals surface area contributed by atoms with Gasteiger partial charge in [0.05, 0.1) is 0 Å². The molecule has 0 aliphatic rings. The zero-order valence-corrected chi connectivity index (χ0v) is 12.3. The van der Waals surface area contributed by atoms with E-state index in [-0.39, 0.29) is 0 Å². The van der Waals surface area contributed by atoms with Gasteiger partial charge in [0.1, 0.15) is 0 Å². The van der Waals surface area contributed by atoms with Crippen molar-refractivity contribution in [3.05, 3.63) is 72.8 Å². The van der Waals surface area contributed by atoms with E-state index >= 15 is 0 Å². The lowest BCUT2D eigenvalue weighted by Gasteiger charge is -2.06. The molecule has 1 N–H and O–H groups in total. The molecule has 0 radical (unpaired) electrons. The van der Waals surface area contributed by atoms with Gasteiger partial charge in [-0.3, -0.25) is 9.38 Å². The van der Waals surface area contributed by atoms with Gasteiger partial charge in [-0.2, -0.15) is 0 Å². The maximum Gasteiger partial charge on any atom is 0.203 e. The monoisotopic (exact) mass is 302 g/mol. The zero-order chi connectivity index (χ0) is 15.5. The Bertz CT molecular complexity index is 918. The number of pyridine rings is 1. The van der Waals surface area contributed by atoms with Crippen LogP contribution in [0.15, 0.2) is 67.3 Å². The van der Waals surface area contributed by atoms with Crippen molar-refractivity contribution in [2.75, 3.05) is 5.32 Å². The first-order valence-corrected chi connectivity index (χ1v) is 7.30. The van der Waals surface area contributed by atoms with E-state index < -0.39 is 0 Å². The fourth-order valence-electron chi connectivity index (χ4n) is 2.42. The molecule has 6 heteroatoms. The van der Waals surface area contributed by atoms with Gasteiger partial charge >= 0.3 is 0 Å². The van der Waals surface area contributed by atoms with E-state index in [1.54, 1.807) is 18.6 Å². The second-order valence-corrected chi connectivity index (χ2v) is 5.07. The zero-order valence-electron chi connectivity index (χ0n) is 12.3. The van der Waals surface area contributed by atoms with Crippen LogP contribution in [0.2, 0.25) is 0 Å². The van der Waals surface area contributed by atoms with Crippen molar-refractivity contribution in [2.24, 2.45) is 0 Å². The van der Waals surface area contributed by atoms with Gasteiger partial charge in [0.25, 0.3) is 0 Å². The highest BCUT2D eigenvalue weighted by atomic mass is 15.3. The Morgan fingerprint density at radius 2 is 1.74 bits per heavy atom. The van der Waals surface area contributed by atoms with Gasteiger partial charge in [0.15, 0.2) is 11.6 Å². The van der Waals surface area contributed by atoms with Crippen LogP contribution in [0.4, 0.5) is 5.82 Å². The van der Waals surface area contributed by atoms with Crippen molar-refractivity contribution < 1.29 is 0 Å². The molecule has 0 amide bonds. The first kappa shape index (κ1) is 13.4. The highest BCUT2D eigenvalue weighted by molar-refractivity contribution is 5.67. The Balaban J connectivity index is 1.68. The second kappa shape index (κ2) is 5.84. The smallest absolute Gasteiger partial charge is 0.203 e. The van der Waals surface area contributed by atoms with Crippen molar-refractivity contribution in [3.8, 4) is 11.4 Å². The fraction of sp³-hybridized carbons (Fsp3) is 0.0588. The molecule has 112 valence electrons. The molecule has 0 aliphatic heterocycles. The summed E-state index contributed by atoms with van der Waals surface area (Å²) in [5.74, 6) is 1.51. The second-order valence-electron chi connectivity index (χ2n) is 5.07. The van der Waals surface area contributed by atoms with Gasteiger partial charge in [0, 0.05) is 36.9 Å². The minimum absolute atomic E-state index is 0.655.